The maximum Gasteiger partial charge on any atom is 0.254 e. The minimum atomic E-state index is 0.202. The summed E-state index contributed by atoms with van der Waals surface area (Å²) < 4.78 is 1.05. The predicted molar refractivity (Wildman–Crippen MR) is 88.8 cm³/mol. The van der Waals surface area contributed by atoms with Gasteiger partial charge in [0.15, 0.2) is 0 Å². The van der Waals surface area contributed by atoms with Crippen molar-refractivity contribution >= 4 is 28.5 Å². The largest absolute Gasteiger partial charge is 0.339 e. The number of likely N-dealkylation sites (tertiary alicyclic amines) is 1. The van der Waals surface area contributed by atoms with Gasteiger partial charge in [-0.25, -0.2) is 0 Å². The monoisotopic (exact) mass is 384 g/mol. The molecule has 0 radical (unpaired) electrons. The third-order valence-electron chi connectivity index (χ3n) is 4.60. The van der Waals surface area contributed by atoms with E-state index in [-0.39, 0.29) is 5.91 Å². The molecule has 0 spiro atoms. The fourth-order valence-corrected chi connectivity index (χ4v) is 4.04. The average molecular weight is 384 g/mol. The van der Waals surface area contributed by atoms with E-state index in [1.807, 2.05) is 29.2 Å². The molecule has 1 atom stereocenters. The smallest absolute Gasteiger partial charge is 0.254 e. The van der Waals surface area contributed by atoms with Gasteiger partial charge in [-0.05, 0) is 72.9 Å². The first-order valence-electron chi connectivity index (χ1n) is 7.53. The zero-order valence-corrected chi connectivity index (χ0v) is 13.8. The van der Waals surface area contributed by atoms with E-state index < -0.39 is 0 Å². The fraction of sp³-hybridized carbons (Fsp3) is 0.562. The summed E-state index contributed by atoms with van der Waals surface area (Å²) in [5.74, 6) is 0.962. The van der Waals surface area contributed by atoms with Gasteiger partial charge in [-0.1, -0.05) is 12.1 Å². The highest BCUT2D eigenvalue weighted by Crippen LogP contribution is 2.26. The molecule has 1 amide bonds. The Morgan fingerprint density at radius 2 is 1.95 bits per heavy atom. The summed E-state index contributed by atoms with van der Waals surface area (Å²) >= 11 is 2.25. The number of nitrogens with zero attached hydrogens (tertiary/aromatic N) is 1. The van der Waals surface area contributed by atoms with Crippen LogP contribution in [0.3, 0.4) is 0 Å². The van der Waals surface area contributed by atoms with Crippen molar-refractivity contribution in [2.75, 3.05) is 19.6 Å². The van der Waals surface area contributed by atoms with Crippen LogP contribution in [-0.2, 0) is 0 Å². The molecule has 2 aliphatic rings. The van der Waals surface area contributed by atoms with Crippen molar-refractivity contribution in [3.05, 3.63) is 33.4 Å². The quantitative estimate of drug-likeness (QED) is 0.796. The lowest BCUT2D eigenvalue weighted by molar-refractivity contribution is 0.0673. The van der Waals surface area contributed by atoms with Crippen LogP contribution in [0.5, 0.6) is 0 Å². The zero-order chi connectivity index (χ0) is 13.9. The Morgan fingerprint density at radius 1 is 1.20 bits per heavy atom. The van der Waals surface area contributed by atoms with Gasteiger partial charge in [-0.2, -0.15) is 0 Å². The van der Waals surface area contributed by atoms with E-state index in [1.165, 1.54) is 19.4 Å². The molecule has 20 heavy (non-hydrogen) atoms. The minimum Gasteiger partial charge on any atom is -0.339 e. The molecule has 0 saturated carbocycles. The van der Waals surface area contributed by atoms with Gasteiger partial charge >= 0.3 is 0 Å². The maximum absolute atomic E-state index is 12.6. The minimum absolute atomic E-state index is 0.202. The van der Waals surface area contributed by atoms with Gasteiger partial charge in [-0.3, -0.25) is 4.79 Å². The molecule has 1 N–H and O–H groups in total. The van der Waals surface area contributed by atoms with Crippen molar-refractivity contribution in [3.8, 4) is 0 Å². The van der Waals surface area contributed by atoms with Crippen molar-refractivity contribution in [2.24, 2.45) is 5.92 Å². The van der Waals surface area contributed by atoms with Crippen LogP contribution in [0.1, 0.15) is 36.0 Å². The molecule has 1 unspecified atom stereocenters. The van der Waals surface area contributed by atoms with Crippen LogP contribution < -0.4 is 5.32 Å². The predicted octanol–water partition coefficient (Wildman–Crippen LogP) is 2.90. The number of hydrogen-bond donors (Lipinski definition) is 1. The molecule has 2 heterocycles. The SMILES string of the molecule is O=C(c1ccccc1I)N1CCC(C2CCCN2)CC1. The highest BCUT2D eigenvalue weighted by molar-refractivity contribution is 14.1. The van der Waals surface area contributed by atoms with Gasteiger partial charge in [0.2, 0.25) is 0 Å². The third kappa shape index (κ3) is 3.01. The van der Waals surface area contributed by atoms with Crippen LogP contribution in [-0.4, -0.2) is 36.5 Å². The van der Waals surface area contributed by atoms with E-state index in [2.05, 4.69) is 27.9 Å². The van der Waals surface area contributed by atoms with Crippen molar-refractivity contribution < 1.29 is 4.79 Å². The first kappa shape index (κ1) is 14.3. The summed E-state index contributed by atoms with van der Waals surface area (Å²) in [6, 6.07) is 8.57. The molecule has 0 aliphatic carbocycles. The number of hydrogen-bond acceptors (Lipinski definition) is 2. The van der Waals surface area contributed by atoms with Crippen LogP contribution in [0.2, 0.25) is 0 Å². The molecular formula is C16H21IN2O. The third-order valence-corrected chi connectivity index (χ3v) is 5.54. The van der Waals surface area contributed by atoms with Crippen LogP contribution in [0, 0.1) is 9.49 Å². The van der Waals surface area contributed by atoms with Gasteiger partial charge in [0.1, 0.15) is 0 Å². The van der Waals surface area contributed by atoms with Gasteiger partial charge in [-0.15, -0.1) is 0 Å². The number of carbonyl (C=O) groups is 1. The second-order valence-corrected chi connectivity index (χ2v) is 6.97. The highest BCUT2D eigenvalue weighted by Gasteiger charge is 2.30. The van der Waals surface area contributed by atoms with Crippen molar-refractivity contribution in [3.63, 3.8) is 0 Å². The van der Waals surface area contributed by atoms with E-state index in [9.17, 15) is 4.79 Å². The second kappa shape index (κ2) is 6.43. The summed E-state index contributed by atoms with van der Waals surface area (Å²) in [5, 5.41) is 3.61. The van der Waals surface area contributed by atoms with Crippen molar-refractivity contribution in [1.82, 2.24) is 10.2 Å². The Kier molecular flexibility index (Phi) is 4.61. The van der Waals surface area contributed by atoms with Gasteiger partial charge in [0.25, 0.3) is 5.91 Å². The summed E-state index contributed by atoms with van der Waals surface area (Å²) in [5.41, 5.74) is 0.852. The lowest BCUT2D eigenvalue weighted by Crippen LogP contribution is -2.43. The lowest BCUT2D eigenvalue weighted by Gasteiger charge is -2.35. The van der Waals surface area contributed by atoms with E-state index in [4.69, 9.17) is 0 Å². The molecule has 2 fully saturated rings. The molecule has 0 aromatic heterocycles. The van der Waals surface area contributed by atoms with E-state index in [0.29, 0.717) is 6.04 Å². The standard InChI is InChI=1S/C16H21IN2O/c17-14-5-2-1-4-13(14)16(20)19-10-7-12(8-11-19)15-6-3-9-18-15/h1-2,4-5,12,15,18H,3,6-11H2. The topological polar surface area (TPSA) is 32.3 Å². The molecule has 4 heteroatoms. The summed E-state index contributed by atoms with van der Waals surface area (Å²) in [6.07, 6.45) is 4.92. The first-order valence-corrected chi connectivity index (χ1v) is 8.61. The van der Waals surface area contributed by atoms with Crippen LogP contribution in [0.4, 0.5) is 0 Å². The fourth-order valence-electron chi connectivity index (χ4n) is 3.42. The van der Waals surface area contributed by atoms with Gasteiger partial charge < -0.3 is 10.2 Å². The number of piperidine rings is 1. The van der Waals surface area contributed by atoms with Gasteiger partial charge in [0.05, 0.1) is 5.56 Å². The first-order chi connectivity index (χ1) is 9.75. The van der Waals surface area contributed by atoms with E-state index in [1.54, 1.807) is 0 Å². The molecule has 3 rings (SSSR count). The zero-order valence-electron chi connectivity index (χ0n) is 11.6. The van der Waals surface area contributed by atoms with Crippen molar-refractivity contribution in [2.45, 2.75) is 31.7 Å². The number of halogens is 1. The lowest BCUT2D eigenvalue weighted by atomic mass is 9.88. The number of nitrogens with one attached hydrogen (secondary N) is 1. The normalized spacial score (nSPS) is 24.1. The molecule has 2 saturated heterocycles. The number of amides is 1. The van der Waals surface area contributed by atoms with Crippen LogP contribution in [0.25, 0.3) is 0 Å². The van der Waals surface area contributed by atoms with E-state index >= 15 is 0 Å². The number of carbonyl (C=O) groups excluding carboxylic acids is 1. The Bertz CT molecular complexity index is 477. The molecule has 1 aromatic rings. The molecule has 2 aliphatic heterocycles. The summed E-state index contributed by atoms with van der Waals surface area (Å²) in [4.78, 5) is 14.6. The molecule has 3 nitrogen and oxygen atoms in total. The Morgan fingerprint density at radius 3 is 2.60 bits per heavy atom. The number of benzene rings is 1. The van der Waals surface area contributed by atoms with Gasteiger partial charge in [0, 0.05) is 22.7 Å². The highest BCUT2D eigenvalue weighted by atomic mass is 127. The van der Waals surface area contributed by atoms with E-state index in [0.717, 1.165) is 41.0 Å². The average Bonchev–Trinajstić information content (AvgIpc) is 3.01. The number of rotatable bonds is 2. The maximum atomic E-state index is 12.6. The van der Waals surface area contributed by atoms with Crippen molar-refractivity contribution in [1.29, 1.82) is 0 Å². The molecule has 108 valence electrons. The molecular weight excluding hydrogens is 363 g/mol. The van der Waals surface area contributed by atoms with Crippen LogP contribution in [0.15, 0.2) is 24.3 Å². The Balaban J connectivity index is 1.60. The Hall–Kier alpha value is -0.620. The second-order valence-electron chi connectivity index (χ2n) is 5.81. The van der Waals surface area contributed by atoms with Crippen LogP contribution >= 0.6 is 22.6 Å². The molecule has 1 aromatic carbocycles. The molecule has 0 bridgehead atoms. The summed E-state index contributed by atoms with van der Waals surface area (Å²) in [6.45, 7) is 2.99. The Labute approximate surface area is 134 Å². The summed E-state index contributed by atoms with van der Waals surface area (Å²) in [7, 11) is 0.